The largest absolute Gasteiger partial charge is 0.378 e. The average molecular weight is 331 g/mol. The summed E-state index contributed by atoms with van der Waals surface area (Å²) in [7, 11) is 0. The van der Waals surface area contributed by atoms with Gasteiger partial charge in [-0.3, -0.25) is 4.79 Å². The lowest BCUT2D eigenvalue weighted by atomic mass is 10.1. The summed E-state index contributed by atoms with van der Waals surface area (Å²) in [4.78, 5) is 27.9. The molecule has 0 bridgehead atoms. The molecule has 2 aliphatic heterocycles. The van der Waals surface area contributed by atoms with Crippen molar-refractivity contribution in [2.75, 3.05) is 45.9 Å². The predicted octanol–water partition coefficient (Wildman–Crippen LogP) is 1.12. The van der Waals surface area contributed by atoms with Gasteiger partial charge in [0, 0.05) is 45.1 Å². The van der Waals surface area contributed by atoms with E-state index >= 15 is 0 Å². The third kappa shape index (κ3) is 4.47. The van der Waals surface area contributed by atoms with Crippen LogP contribution in [0.3, 0.4) is 0 Å². The van der Waals surface area contributed by atoms with Crippen molar-refractivity contribution in [2.45, 2.75) is 12.8 Å². The van der Waals surface area contributed by atoms with E-state index in [0.29, 0.717) is 39.3 Å². The van der Waals surface area contributed by atoms with Crippen molar-refractivity contribution in [3.05, 3.63) is 35.9 Å². The number of hydrogen-bond donors (Lipinski definition) is 1. The van der Waals surface area contributed by atoms with Gasteiger partial charge >= 0.3 is 6.03 Å². The van der Waals surface area contributed by atoms with Gasteiger partial charge in [0.25, 0.3) is 0 Å². The smallest absolute Gasteiger partial charge is 0.317 e. The zero-order valence-electron chi connectivity index (χ0n) is 13.9. The normalized spacial score (nSPS) is 21.2. The number of benzene rings is 1. The molecule has 3 amide bonds. The molecule has 0 aromatic heterocycles. The standard InChI is InChI=1S/C18H25N3O3/c22-17-12-16(13-19-18(23)20-8-10-24-11-9-20)14-21(17)7-6-15-4-2-1-3-5-15/h1-5,16H,6-14H2,(H,19,23). The molecule has 6 nitrogen and oxygen atoms in total. The molecule has 0 radical (unpaired) electrons. The molecule has 6 heteroatoms. The van der Waals surface area contributed by atoms with Crippen LogP contribution in [0.1, 0.15) is 12.0 Å². The molecule has 1 aromatic rings. The molecule has 2 heterocycles. The predicted molar refractivity (Wildman–Crippen MR) is 90.6 cm³/mol. The van der Waals surface area contributed by atoms with Crippen molar-refractivity contribution in [1.82, 2.24) is 15.1 Å². The van der Waals surface area contributed by atoms with Crippen LogP contribution in [0.5, 0.6) is 0 Å². The summed E-state index contributed by atoms with van der Waals surface area (Å²) in [6.45, 7) is 4.51. The van der Waals surface area contributed by atoms with Crippen LogP contribution in [0.4, 0.5) is 4.79 Å². The Balaban J connectivity index is 1.40. The third-order valence-corrected chi connectivity index (χ3v) is 4.65. The van der Waals surface area contributed by atoms with Crippen LogP contribution in [0.15, 0.2) is 30.3 Å². The Labute approximate surface area is 142 Å². The maximum absolute atomic E-state index is 12.1. The zero-order valence-corrected chi connectivity index (χ0v) is 13.9. The Morgan fingerprint density at radius 2 is 1.96 bits per heavy atom. The molecule has 2 fully saturated rings. The van der Waals surface area contributed by atoms with E-state index in [2.05, 4.69) is 17.4 Å². The first-order valence-corrected chi connectivity index (χ1v) is 8.64. The molecule has 3 rings (SSSR count). The fourth-order valence-corrected chi connectivity index (χ4v) is 3.23. The molecule has 0 aliphatic carbocycles. The van der Waals surface area contributed by atoms with Crippen molar-refractivity contribution in [1.29, 1.82) is 0 Å². The topological polar surface area (TPSA) is 61.9 Å². The summed E-state index contributed by atoms with van der Waals surface area (Å²) < 4.78 is 5.25. The number of hydrogen-bond acceptors (Lipinski definition) is 3. The fraction of sp³-hybridized carbons (Fsp3) is 0.556. The Morgan fingerprint density at radius 3 is 2.71 bits per heavy atom. The van der Waals surface area contributed by atoms with Gasteiger partial charge in [0.15, 0.2) is 0 Å². The molecular formula is C18H25N3O3. The number of nitrogens with one attached hydrogen (secondary N) is 1. The van der Waals surface area contributed by atoms with Crippen LogP contribution in [0, 0.1) is 5.92 Å². The zero-order chi connectivity index (χ0) is 16.8. The SMILES string of the molecule is O=C1CC(CNC(=O)N2CCOCC2)CN1CCc1ccccc1. The van der Waals surface area contributed by atoms with E-state index in [-0.39, 0.29) is 17.9 Å². The molecule has 1 aromatic carbocycles. The highest BCUT2D eigenvalue weighted by molar-refractivity contribution is 5.79. The summed E-state index contributed by atoms with van der Waals surface area (Å²) in [6.07, 6.45) is 1.40. The van der Waals surface area contributed by atoms with Crippen LogP contribution < -0.4 is 5.32 Å². The second-order valence-electron chi connectivity index (χ2n) is 6.43. The molecular weight excluding hydrogens is 306 g/mol. The maximum Gasteiger partial charge on any atom is 0.317 e. The lowest BCUT2D eigenvalue weighted by Crippen LogP contribution is -2.47. The lowest BCUT2D eigenvalue weighted by molar-refractivity contribution is -0.127. The van der Waals surface area contributed by atoms with Crippen molar-refractivity contribution in [3.63, 3.8) is 0 Å². The Hall–Kier alpha value is -2.08. The van der Waals surface area contributed by atoms with Gasteiger partial charge < -0.3 is 19.9 Å². The van der Waals surface area contributed by atoms with E-state index in [1.165, 1.54) is 5.56 Å². The van der Waals surface area contributed by atoms with Crippen LogP contribution in [0.2, 0.25) is 0 Å². The van der Waals surface area contributed by atoms with Crippen molar-refractivity contribution >= 4 is 11.9 Å². The summed E-state index contributed by atoms with van der Waals surface area (Å²) in [5, 5.41) is 2.96. The van der Waals surface area contributed by atoms with Gasteiger partial charge in [0.2, 0.25) is 5.91 Å². The molecule has 0 spiro atoms. The van der Waals surface area contributed by atoms with Crippen LogP contribution in [-0.2, 0) is 16.0 Å². The first-order chi connectivity index (χ1) is 11.7. The van der Waals surface area contributed by atoms with E-state index in [1.54, 1.807) is 4.90 Å². The molecule has 2 saturated heterocycles. The number of urea groups is 1. The van der Waals surface area contributed by atoms with Gasteiger partial charge in [-0.05, 0) is 12.0 Å². The summed E-state index contributed by atoms with van der Waals surface area (Å²) >= 11 is 0. The average Bonchev–Trinajstić information content (AvgIpc) is 2.99. The number of likely N-dealkylation sites (tertiary alicyclic amines) is 1. The van der Waals surface area contributed by atoms with Gasteiger partial charge in [0.05, 0.1) is 13.2 Å². The van der Waals surface area contributed by atoms with E-state index in [4.69, 9.17) is 4.74 Å². The minimum absolute atomic E-state index is 0.0477. The third-order valence-electron chi connectivity index (χ3n) is 4.65. The number of rotatable bonds is 5. The van der Waals surface area contributed by atoms with Crippen molar-refractivity contribution < 1.29 is 14.3 Å². The first kappa shape index (κ1) is 16.8. The van der Waals surface area contributed by atoms with E-state index < -0.39 is 0 Å². The van der Waals surface area contributed by atoms with Crippen LogP contribution >= 0.6 is 0 Å². The first-order valence-electron chi connectivity index (χ1n) is 8.64. The number of carbonyl (C=O) groups is 2. The van der Waals surface area contributed by atoms with E-state index in [0.717, 1.165) is 19.5 Å². The number of amides is 3. The highest BCUT2D eigenvalue weighted by Gasteiger charge is 2.29. The van der Waals surface area contributed by atoms with E-state index in [9.17, 15) is 9.59 Å². The molecule has 1 unspecified atom stereocenters. The van der Waals surface area contributed by atoms with Crippen molar-refractivity contribution in [3.8, 4) is 0 Å². The Bertz CT molecular complexity index is 558. The van der Waals surface area contributed by atoms with E-state index in [1.807, 2.05) is 23.1 Å². The maximum atomic E-state index is 12.1. The molecule has 2 aliphatic rings. The highest BCUT2D eigenvalue weighted by Crippen LogP contribution is 2.17. The molecule has 0 saturated carbocycles. The summed E-state index contributed by atoms with van der Waals surface area (Å²) in [5.74, 6) is 0.398. The van der Waals surface area contributed by atoms with Crippen LogP contribution in [-0.4, -0.2) is 67.7 Å². The molecule has 24 heavy (non-hydrogen) atoms. The van der Waals surface area contributed by atoms with Crippen molar-refractivity contribution in [2.24, 2.45) is 5.92 Å². The highest BCUT2D eigenvalue weighted by atomic mass is 16.5. The molecule has 130 valence electrons. The summed E-state index contributed by atoms with van der Waals surface area (Å²) in [5.41, 5.74) is 1.24. The van der Waals surface area contributed by atoms with Gasteiger partial charge in [-0.25, -0.2) is 4.79 Å². The summed E-state index contributed by atoms with van der Waals surface area (Å²) in [6, 6.07) is 10.2. The molecule has 1 N–H and O–H groups in total. The lowest BCUT2D eigenvalue weighted by Gasteiger charge is -2.27. The van der Waals surface area contributed by atoms with Crippen LogP contribution in [0.25, 0.3) is 0 Å². The van der Waals surface area contributed by atoms with Gasteiger partial charge in [-0.1, -0.05) is 30.3 Å². The van der Waals surface area contributed by atoms with Gasteiger partial charge in [0.1, 0.15) is 0 Å². The van der Waals surface area contributed by atoms with Gasteiger partial charge in [-0.15, -0.1) is 0 Å². The van der Waals surface area contributed by atoms with Gasteiger partial charge in [-0.2, -0.15) is 0 Å². The number of ether oxygens (including phenoxy) is 1. The monoisotopic (exact) mass is 331 g/mol. The number of nitrogens with zero attached hydrogens (tertiary/aromatic N) is 2. The minimum Gasteiger partial charge on any atom is -0.378 e. The number of carbonyl (C=O) groups excluding carboxylic acids is 2. The number of morpholine rings is 1. The second kappa shape index (κ2) is 8.15. The Kier molecular flexibility index (Phi) is 5.69. The fourth-order valence-electron chi connectivity index (χ4n) is 3.23. The molecule has 1 atom stereocenters. The second-order valence-corrected chi connectivity index (χ2v) is 6.43. The Morgan fingerprint density at radius 1 is 1.21 bits per heavy atom. The minimum atomic E-state index is -0.0477. The quantitative estimate of drug-likeness (QED) is 0.879.